The van der Waals surface area contributed by atoms with Crippen LogP contribution in [0.25, 0.3) is 11.1 Å². The molecule has 1 aliphatic rings. The third-order valence-electron chi connectivity index (χ3n) is 7.90. The zero-order valence-corrected chi connectivity index (χ0v) is 26.5. The second-order valence-electron chi connectivity index (χ2n) is 10.9. The number of methoxy groups -OCH3 is 1. The minimum atomic E-state index is -1.23. The van der Waals surface area contributed by atoms with Crippen molar-refractivity contribution in [3.63, 3.8) is 0 Å². The second kappa shape index (κ2) is 14.0. The molecule has 1 heterocycles. The maximum absolute atomic E-state index is 14.2. The first-order valence-electron chi connectivity index (χ1n) is 14.6. The first kappa shape index (κ1) is 31.7. The van der Waals surface area contributed by atoms with E-state index in [1.165, 1.54) is 19.2 Å². The quantitative estimate of drug-likeness (QED) is 0.133. The van der Waals surface area contributed by atoms with E-state index in [2.05, 4.69) is 31.9 Å². The largest absolute Gasteiger partial charge is 0.495 e. The van der Waals surface area contributed by atoms with Gasteiger partial charge in [-0.2, -0.15) is 0 Å². The highest BCUT2D eigenvalue weighted by molar-refractivity contribution is 9.10. The van der Waals surface area contributed by atoms with Gasteiger partial charge in [0.15, 0.2) is 11.4 Å². The van der Waals surface area contributed by atoms with Crippen LogP contribution in [0.4, 0.5) is 16.2 Å². The van der Waals surface area contributed by atoms with Gasteiger partial charge in [-0.05, 0) is 102 Å². The Kier molecular flexibility index (Phi) is 9.85. The van der Waals surface area contributed by atoms with Crippen molar-refractivity contribution in [3.05, 3.63) is 107 Å². The highest BCUT2D eigenvalue weighted by Crippen LogP contribution is 2.39. The molecule has 232 valence electrons. The number of rotatable bonds is 11. The van der Waals surface area contributed by atoms with Gasteiger partial charge in [-0.15, -0.1) is 0 Å². The van der Waals surface area contributed by atoms with Crippen LogP contribution in [0.5, 0.6) is 11.5 Å². The van der Waals surface area contributed by atoms with Crippen molar-refractivity contribution in [1.82, 2.24) is 5.32 Å². The molecule has 45 heavy (non-hydrogen) atoms. The van der Waals surface area contributed by atoms with Crippen molar-refractivity contribution in [3.8, 4) is 22.6 Å². The van der Waals surface area contributed by atoms with Crippen LogP contribution in [0.15, 0.2) is 95.5 Å². The number of nitrogens with one attached hydrogen (secondary N) is 3. The van der Waals surface area contributed by atoms with Gasteiger partial charge in [0.05, 0.1) is 30.1 Å². The molecule has 1 aliphatic heterocycles. The average Bonchev–Trinajstić information content (AvgIpc) is 3.59. The number of urea groups is 1. The Balaban J connectivity index is 1.47. The normalized spacial score (nSPS) is 15.5. The van der Waals surface area contributed by atoms with Crippen molar-refractivity contribution < 1.29 is 29.0 Å². The number of carbonyl (C=O) groups is 3. The molecule has 0 aliphatic carbocycles. The van der Waals surface area contributed by atoms with E-state index in [9.17, 15) is 19.5 Å². The molecule has 10 heteroatoms. The molecular formula is C35H34BrN3O6. The van der Waals surface area contributed by atoms with Crippen molar-refractivity contribution in [2.45, 2.75) is 37.8 Å². The number of benzene rings is 4. The SMILES string of the molecule is COc1cc(CC(=O)C(C)(Oc2ccc(C(=O)O)cc2)C2CCCN2)cc(-c2ccccc2)c1NC(=O)Nc1ccccc1Br. The van der Waals surface area contributed by atoms with Gasteiger partial charge < -0.3 is 30.5 Å². The van der Waals surface area contributed by atoms with Gasteiger partial charge in [-0.1, -0.05) is 42.5 Å². The lowest BCUT2D eigenvalue weighted by Crippen LogP contribution is -2.56. The summed E-state index contributed by atoms with van der Waals surface area (Å²) in [5.74, 6) is -0.392. The molecule has 2 unspecified atom stereocenters. The van der Waals surface area contributed by atoms with Crippen LogP contribution in [0.3, 0.4) is 0 Å². The fourth-order valence-corrected chi connectivity index (χ4v) is 5.87. The number of ketones is 1. The number of Topliss-reactive ketones (excluding diaryl/α,β-unsaturated/α-hetero) is 1. The van der Waals surface area contributed by atoms with Crippen LogP contribution in [0.1, 0.15) is 35.7 Å². The Hall–Kier alpha value is -4.67. The summed E-state index contributed by atoms with van der Waals surface area (Å²) < 4.78 is 12.9. The minimum Gasteiger partial charge on any atom is -0.495 e. The summed E-state index contributed by atoms with van der Waals surface area (Å²) in [4.78, 5) is 38.6. The topological polar surface area (TPSA) is 126 Å². The summed E-state index contributed by atoms with van der Waals surface area (Å²) in [6.45, 7) is 2.55. The Labute approximate surface area is 270 Å². The highest BCUT2D eigenvalue weighted by Gasteiger charge is 2.44. The average molecular weight is 673 g/mol. The Morgan fingerprint density at radius 1 is 0.978 bits per heavy atom. The molecule has 0 bridgehead atoms. The molecule has 0 saturated carbocycles. The standard InChI is InChI=1S/C35H34BrN3O6/c1-35(30-13-8-18-37-30,45-25-16-14-24(15-17-25)33(41)42)31(40)21-22-19-26(23-9-4-3-5-10-23)32(29(20-22)44-2)39-34(43)38-28-12-7-6-11-27(28)36/h3-7,9-12,14-17,19-20,30,37H,8,13,18,21H2,1-2H3,(H,41,42)(H2,38,39,43). The van der Waals surface area contributed by atoms with Crippen LogP contribution < -0.4 is 25.4 Å². The number of anilines is 2. The number of amides is 2. The zero-order valence-electron chi connectivity index (χ0n) is 24.9. The number of carboxylic acids is 1. The molecule has 1 saturated heterocycles. The molecule has 9 nitrogen and oxygen atoms in total. The van der Waals surface area contributed by atoms with Gasteiger partial charge in [0, 0.05) is 16.5 Å². The first-order valence-corrected chi connectivity index (χ1v) is 15.3. The van der Waals surface area contributed by atoms with Gasteiger partial charge in [-0.3, -0.25) is 4.79 Å². The van der Waals surface area contributed by atoms with Crippen molar-refractivity contribution >= 4 is 45.1 Å². The van der Waals surface area contributed by atoms with E-state index in [0.717, 1.165) is 29.4 Å². The fourth-order valence-electron chi connectivity index (χ4n) is 5.49. The molecule has 5 rings (SSSR count). The maximum atomic E-state index is 14.2. The van der Waals surface area contributed by atoms with Gasteiger partial charge in [0.25, 0.3) is 0 Å². The first-order chi connectivity index (χ1) is 21.7. The highest BCUT2D eigenvalue weighted by atomic mass is 79.9. The molecule has 2 atom stereocenters. The summed E-state index contributed by atoms with van der Waals surface area (Å²) >= 11 is 3.45. The molecule has 0 radical (unpaired) electrons. The lowest BCUT2D eigenvalue weighted by atomic mass is 9.86. The summed E-state index contributed by atoms with van der Waals surface area (Å²) in [5, 5.41) is 18.5. The van der Waals surface area contributed by atoms with Crippen LogP contribution in [0, 0.1) is 0 Å². The van der Waals surface area contributed by atoms with Crippen LogP contribution in [-0.4, -0.2) is 48.2 Å². The monoisotopic (exact) mass is 671 g/mol. The Morgan fingerprint density at radius 3 is 2.33 bits per heavy atom. The third-order valence-corrected chi connectivity index (χ3v) is 8.59. The van der Waals surface area contributed by atoms with E-state index >= 15 is 0 Å². The van der Waals surface area contributed by atoms with Crippen LogP contribution in [-0.2, 0) is 11.2 Å². The molecule has 4 N–H and O–H groups in total. The Bertz CT molecular complexity index is 1690. The lowest BCUT2D eigenvalue weighted by molar-refractivity contribution is -0.134. The Morgan fingerprint density at radius 2 is 1.69 bits per heavy atom. The van der Waals surface area contributed by atoms with Crippen molar-refractivity contribution in [2.24, 2.45) is 0 Å². The number of hydrogen-bond donors (Lipinski definition) is 4. The predicted molar refractivity (Wildman–Crippen MR) is 177 cm³/mol. The molecule has 4 aromatic carbocycles. The lowest BCUT2D eigenvalue weighted by Gasteiger charge is -2.35. The predicted octanol–water partition coefficient (Wildman–Crippen LogP) is 7.17. The molecular weight excluding hydrogens is 638 g/mol. The van der Waals surface area contributed by atoms with E-state index < -0.39 is 17.6 Å². The van der Waals surface area contributed by atoms with Crippen molar-refractivity contribution in [1.29, 1.82) is 0 Å². The molecule has 1 fully saturated rings. The van der Waals surface area contributed by atoms with Gasteiger partial charge in [0.1, 0.15) is 11.5 Å². The smallest absolute Gasteiger partial charge is 0.335 e. The fraction of sp³-hybridized carbons (Fsp3) is 0.229. The van der Waals surface area contributed by atoms with E-state index in [4.69, 9.17) is 9.47 Å². The van der Waals surface area contributed by atoms with Gasteiger partial charge in [-0.25, -0.2) is 9.59 Å². The number of aromatic carboxylic acids is 1. The summed E-state index contributed by atoms with van der Waals surface area (Å²) in [7, 11) is 1.52. The maximum Gasteiger partial charge on any atom is 0.335 e. The van der Waals surface area contributed by atoms with Crippen molar-refractivity contribution in [2.75, 3.05) is 24.3 Å². The van der Waals surface area contributed by atoms with Gasteiger partial charge >= 0.3 is 12.0 Å². The summed E-state index contributed by atoms with van der Waals surface area (Å²) in [6, 6.07) is 25.9. The zero-order chi connectivity index (χ0) is 32.0. The number of carbonyl (C=O) groups excluding carboxylic acids is 2. The number of para-hydroxylation sites is 1. The molecule has 0 spiro atoms. The van der Waals surface area contributed by atoms with Crippen LogP contribution >= 0.6 is 15.9 Å². The number of halogens is 1. The van der Waals surface area contributed by atoms with E-state index in [1.807, 2.05) is 54.6 Å². The third kappa shape index (κ3) is 7.35. The number of carboxylic acid groups (broad SMARTS) is 1. The van der Waals surface area contributed by atoms with Gasteiger partial charge in [0.2, 0.25) is 0 Å². The van der Waals surface area contributed by atoms with Crippen LogP contribution in [0.2, 0.25) is 0 Å². The molecule has 0 aromatic heterocycles. The summed E-state index contributed by atoms with van der Waals surface area (Å²) in [5.41, 5.74) is 2.16. The van der Waals surface area contributed by atoms with E-state index in [1.54, 1.807) is 31.2 Å². The minimum absolute atomic E-state index is 0.0293. The molecule has 4 aromatic rings. The number of hydrogen-bond acceptors (Lipinski definition) is 6. The van der Waals surface area contributed by atoms with E-state index in [0.29, 0.717) is 34.0 Å². The van der Waals surface area contributed by atoms with E-state index in [-0.39, 0.29) is 23.8 Å². The summed E-state index contributed by atoms with van der Waals surface area (Å²) in [6.07, 6.45) is 1.69. The number of ether oxygens (including phenoxy) is 2. The second-order valence-corrected chi connectivity index (χ2v) is 11.8. The molecule has 2 amide bonds.